The molecule has 0 unspecified atom stereocenters. The Labute approximate surface area is 199 Å². The number of nitrogen functional groups attached to an aromatic ring is 2. The molecule has 14 heteroatoms. The van der Waals surface area contributed by atoms with Gasteiger partial charge in [0.25, 0.3) is 5.95 Å². The monoisotopic (exact) mass is 507 g/mol. The number of halogens is 4. The average Bonchev–Trinajstić information content (AvgIpc) is 3.16. The maximum Gasteiger partial charge on any atom is 0.414 e. The Balaban J connectivity index is 1.81. The lowest BCUT2D eigenvalue weighted by Gasteiger charge is -2.24. The van der Waals surface area contributed by atoms with Gasteiger partial charge in [0.15, 0.2) is 11.6 Å². The first-order chi connectivity index (χ1) is 16.6. The molecule has 0 atom stereocenters. The summed E-state index contributed by atoms with van der Waals surface area (Å²) in [5.41, 5.74) is 11.8. The van der Waals surface area contributed by atoms with Crippen LogP contribution in [0.25, 0.3) is 16.9 Å². The van der Waals surface area contributed by atoms with Crippen molar-refractivity contribution in [1.29, 1.82) is 0 Å². The SMILES string of the molecule is COC(=O)N(CC(F)(F)F)c1c(N)nc(-n2nc(Sc3ccccc3F)c3ccccc32)nc1N. The van der Waals surface area contributed by atoms with Gasteiger partial charge >= 0.3 is 12.3 Å². The van der Waals surface area contributed by atoms with Gasteiger partial charge in [-0.1, -0.05) is 42.1 Å². The summed E-state index contributed by atoms with van der Waals surface area (Å²) in [4.78, 5) is 20.6. The number of alkyl halides is 3. The molecule has 0 fully saturated rings. The second-order valence-electron chi connectivity index (χ2n) is 7.08. The van der Waals surface area contributed by atoms with E-state index in [-0.39, 0.29) is 10.8 Å². The number of amides is 1. The van der Waals surface area contributed by atoms with Crippen molar-refractivity contribution in [3.8, 4) is 5.95 Å². The second kappa shape index (κ2) is 9.29. The number of fused-ring (bicyclic) bond motifs is 1. The van der Waals surface area contributed by atoms with Crippen LogP contribution in [0, 0.1) is 5.82 Å². The average molecular weight is 507 g/mol. The number of hydrogen-bond acceptors (Lipinski definition) is 8. The standard InChI is InChI=1S/C21H17F4N7O2S/c1-34-20(33)31(10-21(23,24)25)15-16(26)28-19(29-17(15)27)32-13-8-4-2-6-11(13)18(30-32)35-14-9-5-3-7-12(14)22/h2-9H,10H2,1H3,(H4,26,27,28,29). The van der Waals surface area contributed by atoms with Gasteiger partial charge in [0.2, 0.25) is 0 Å². The summed E-state index contributed by atoms with van der Waals surface area (Å²) >= 11 is 1.07. The van der Waals surface area contributed by atoms with E-state index in [9.17, 15) is 22.4 Å². The number of aromatic nitrogens is 4. The van der Waals surface area contributed by atoms with Crippen molar-refractivity contribution in [1.82, 2.24) is 19.7 Å². The van der Waals surface area contributed by atoms with E-state index in [1.54, 1.807) is 42.5 Å². The number of carbonyl (C=O) groups excluding carboxylic acids is 1. The van der Waals surface area contributed by atoms with Crippen LogP contribution in [-0.4, -0.2) is 45.7 Å². The van der Waals surface area contributed by atoms with Crippen LogP contribution in [0.15, 0.2) is 58.5 Å². The van der Waals surface area contributed by atoms with Crippen LogP contribution in [0.4, 0.5) is 39.7 Å². The van der Waals surface area contributed by atoms with Crippen molar-refractivity contribution in [3.63, 3.8) is 0 Å². The van der Waals surface area contributed by atoms with E-state index in [1.807, 2.05) is 0 Å². The molecule has 0 radical (unpaired) electrons. The van der Waals surface area contributed by atoms with Gasteiger partial charge in [-0.3, -0.25) is 4.90 Å². The van der Waals surface area contributed by atoms with E-state index >= 15 is 0 Å². The first kappa shape index (κ1) is 24.1. The molecule has 4 rings (SSSR count). The minimum atomic E-state index is -4.78. The maximum atomic E-state index is 14.2. The van der Waals surface area contributed by atoms with Gasteiger partial charge in [-0.2, -0.15) is 32.9 Å². The van der Waals surface area contributed by atoms with Gasteiger partial charge < -0.3 is 16.2 Å². The van der Waals surface area contributed by atoms with Gasteiger partial charge in [0, 0.05) is 10.3 Å². The van der Waals surface area contributed by atoms with Crippen LogP contribution in [-0.2, 0) is 4.74 Å². The van der Waals surface area contributed by atoms with Gasteiger partial charge in [0.05, 0.1) is 12.6 Å². The first-order valence-corrected chi connectivity index (χ1v) is 10.7. The van der Waals surface area contributed by atoms with Crippen molar-refractivity contribution in [2.24, 2.45) is 0 Å². The lowest BCUT2D eigenvalue weighted by Crippen LogP contribution is -2.40. The number of anilines is 3. The predicted octanol–water partition coefficient (Wildman–Crippen LogP) is 4.41. The zero-order chi connectivity index (χ0) is 25.3. The summed E-state index contributed by atoms with van der Waals surface area (Å²) < 4.78 is 59.1. The van der Waals surface area contributed by atoms with Crippen molar-refractivity contribution in [2.75, 3.05) is 30.0 Å². The molecular formula is C21H17F4N7O2S. The molecule has 4 aromatic rings. The first-order valence-electron chi connectivity index (χ1n) is 9.84. The van der Waals surface area contributed by atoms with Crippen LogP contribution < -0.4 is 16.4 Å². The van der Waals surface area contributed by atoms with Crippen molar-refractivity contribution < 1.29 is 27.1 Å². The Bertz CT molecular complexity index is 1390. The number of hydrogen-bond donors (Lipinski definition) is 2. The van der Waals surface area contributed by atoms with E-state index in [2.05, 4.69) is 19.8 Å². The van der Waals surface area contributed by atoms with Crippen LogP contribution >= 0.6 is 11.8 Å². The number of nitrogens with two attached hydrogens (primary N) is 2. The molecule has 2 aromatic carbocycles. The lowest BCUT2D eigenvalue weighted by atomic mass is 10.2. The molecule has 0 aliphatic heterocycles. The molecule has 0 bridgehead atoms. The van der Waals surface area contributed by atoms with Crippen LogP contribution in [0.1, 0.15) is 0 Å². The Morgan fingerprint density at radius 1 is 1.09 bits per heavy atom. The molecule has 2 aromatic heterocycles. The highest BCUT2D eigenvalue weighted by Gasteiger charge is 2.37. The van der Waals surface area contributed by atoms with Gasteiger partial charge in [-0.15, -0.1) is 0 Å². The van der Waals surface area contributed by atoms with E-state index in [0.29, 0.717) is 20.8 Å². The minimum absolute atomic E-state index is 0.155. The smallest absolute Gasteiger partial charge is 0.414 e. The van der Waals surface area contributed by atoms with Crippen molar-refractivity contribution >= 4 is 46.1 Å². The molecule has 0 aliphatic carbocycles. The maximum absolute atomic E-state index is 14.2. The second-order valence-corrected chi connectivity index (χ2v) is 8.11. The fraction of sp³-hybridized carbons (Fsp3) is 0.143. The third-order valence-electron chi connectivity index (χ3n) is 4.71. The summed E-state index contributed by atoms with van der Waals surface area (Å²) in [6.45, 7) is -1.72. The van der Waals surface area contributed by atoms with E-state index in [4.69, 9.17) is 11.5 Å². The summed E-state index contributed by atoms with van der Waals surface area (Å²) in [6, 6.07) is 13.1. The fourth-order valence-electron chi connectivity index (χ4n) is 3.27. The Kier molecular flexibility index (Phi) is 6.39. The third kappa shape index (κ3) is 4.91. The molecule has 0 saturated heterocycles. The van der Waals surface area contributed by atoms with Gasteiger partial charge in [-0.25, -0.2) is 9.18 Å². The van der Waals surface area contributed by atoms with E-state index in [1.165, 1.54) is 10.7 Å². The number of methoxy groups -OCH3 is 1. The summed E-state index contributed by atoms with van der Waals surface area (Å²) in [5.74, 6) is -1.58. The molecule has 0 aliphatic rings. The van der Waals surface area contributed by atoms with E-state index < -0.39 is 42.0 Å². The quantitative estimate of drug-likeness (QED) is 0.381. The molecule has 0 spiro atoms. The summed E-state index contributed by atoms with van der Waals surface area (Å²) in [6.07, 6.45) is -6.12. The number of para-hydroxylation sites is 1. The largest absolute Gasteiger partial charge is 0.452 e. The van der Waals surface area contributed by atoms with Crippen molar-refractivity contribution in [2.45, 2.75) is 16.1 Å². The fourth-order valence-corrected chi connectivity index (χ4v) is 4.20. The molecule has 182 valence electrons. The molecular weight excluding hydrogens is 490 g/mol. The topological polar surface area (TPSA) is 125 Å². The number of benzene rings is 2. The highest BCUT2D eigenvalue weighted by molar-refractivity contribution is 7.99. The predicted molar refractivity (Wildman–Crippen MR) is 122 cm³/mol. The van der Waals surface area contributed by atoms with E-state index in [0.717, 1.165) is 18.9 Å². The minimum Gasteiger partial charge on any atom is -0.452 e. The third-order valence-corrected chi connectivity index (χ3v) is 5.76. The normalized spacial score (nSPS) is 11.6. The number of carbonyl (C=O) groups is 1. The van der Waals surface area contributed by atoms with Gasteiger partial charge in [-0.05, 0) is 18.2 Å². The zero-order valence-electron chi connectivity index (χ0n) is 18.0. The Hall–Kier alpha value is -4.07. The number of ether oxygens (including phenoxy) is 1. The lowest BCUT2D eigenvalue weighted by molar-refractivity contribution is -0.119. The number of rotatable bonds is 5. The Morgan fingerprint density at radius 2 is 1.71 bits per heavy atom. The summed E-state index contributed by atoms with van der Waals surface area (Å²) in [5, 5.41) is 5.51. The summed E-state index contributed by atoms with van der Waals surface area (Å²) in [7, 11) is 0.915. The Morgan fingerprint density at radius 3 is 2.34 bits per heavy atom. The molecule has 4 N–H and O–H groups in total. The number of nitrogens with zero attached hydrogens (tertiary/aromatic N) is 5. The van der Waals surface area contributed by atoms with Crippen LogP contribution in [0.2, 0.25) is 0 Å². The molecule has 1 amide bonds. The highest BCUT2D eigenvalue weighted by atomic mass is 32.2. The molecule has 2 heterocycles. The van der Waals surface area contributed by atoms with Gasteiger partial charge in [0.1, 0.15) is 23.1 Å². The highest BCUT2D eigenvalue weighted by Crippen LogP contribution is 2.36. The molecule has 9 nitrogen and oxygen atoms in total. The van der Waals surface area contributed by atoms with Crippen LogP contribution in [0.5, 0.6) is 0 Å². The van der Waals surface area contributed by atoms with Crippen LogP contribution in [0.3, 0.4) is 0 Å². The molecule has 35 heavy (non-hydrogen) atoms. The zero-order valence-corrected chi connectivity index (χ0v) is 18.8. The van der Waals surface area contributed by atoms with Crippen molar-refractivity contribution in [3.05, 3.63) is 54.3 Å². The molecule has 0 saturated carbocycles.